The van der Waals surface area contributed by atoms with Crippen LogP contribution >= 0.6 is 11.6 Å². The molecule has 1 atom stereocenters. The van der Waals surface area contributed by atoms with Gasteiger partial charge < -0.3 is 4.74 Å². The lowest BCUT2D eigenvalue weighted by Gasteiger charge is -2.13. The van der Waals surface area contributed by atoms with E-state index in [1.54, 1.807) is 7.11 Å². The first-order valence-corrected chi connectivity index (χ1v) is 6.00. The summed E-state index contributed by atoms with van der Waals surface area (Å²) >= 11 is 5.98. The third-order valence-corrected chi connectivity index (χ3v) is 2.52. The molecule has 4 heteroatoms. The fraction of sp³-hybridized carbons (Fsp3) is 0.667. The Morgan fingerprint density at radius 3 is 2.56 bits per heavy atom. The summed E-state index contributed by atoms with van der Waals surface area (Å²) in [6.45, 7) is 6.35. The molecule has 0 aliphatic carbocycles. The molecule has 3 nitrogen and oxygen atoms in total. The quantitative estimate of drug-likeness (QED) is 0.742. The summed E-state index contributed by atoms with van der Waals surface area (Å²) in [5, 5.41) is 0.496. The minimum absolute atomic E-state index is 0.0652. The molecule has 1 aromatic heterocycles. The zero-order valence-electron chi connectivity index (χ0n) is 10.3. The van der Waals surface area contributed by atoms with E-state index >= 15 is 0 Å². The van der Waals surface area contributed by atoms with Gasteiger partial charge in [-0.25, -0.2) is 9.97 Å². The molecular weight excluding hydrogens is 224 g/mol. The van der Waals surface area contributed by atoms with Crippen LogP contribution in [0.4, 0.5) is 0 Å². The van der Waals surface area contributed by atoms with Gasteiger partial charge in [0.25, 0.3) is 0 Å². The van der Waals surface area contributed by atoms with Crippen LogP contribution in [0.25, 0.3) is 0 Å². The lowest BCUT2D eigenvalue weighted by molar-refractivity contribution is 0.0923. The van der Waals surface area contributed by atoms with Crippen LogP contribution < -0.4 is 0 Å². The third kappa shape index (κ3) is 3.72. The Balaban J connectivity index is 2.97. The van der Waals surface area contributed by atoms with E-state index < -0.39 is 0 Å². The lowest BCUT2D eigenvalue weighted by Crippen LogP contribution is -2.09. The van der Waals surface area contributed by atoms with E-state index in [0.717, 1.165) is 18.5 Å². The summed E-state index contributed by atoms with van der Waals surface area (Å²) < 4.78 is 5.32. The number of halogens is 1. The van der Waals surface area contributed by atoms with Gasteiger partial charge in [0.05, 0.1) is 0 Å². The minimum atomic E-state index is -0.0652. The predicted molar refractivity (Wildman–Crippen MR) is 65.6 cm³/mol. The van der Waals surface area contributed by atoms with Gasteiger partial charge in [-0.15, -0.1) is 0 Å². The van der Waals surface area contributed by atoms with Crippen molar-refractivity contribution in [3.05, 3.63) is 22.7 Å². The highest BCUT2D eigenvalue weighted by atomic mass is 35.5. The van der Waals surface area contributed by atoms with Crippen LogP contribution in [-0.4, -0.2) is 17.1 Å². The van der Waals surface area contributed by atoms with E-state index in [-0.39, 0.29) is 6.10 Å². The fourth-order valence-corrected chi connectivity index (χ4v) is 1.82. The summed E-state index contributed by atoms with van der Waals surface area (Å²) in [4.78, 5) is 8.71. The molecule has 16 heavy (non-hydrogen) atoms. The van der Waals surface area contributed by atoms with Gasteiger partial charge >= 0.3 is 0 Å². The summed E-state index contributed by atoms with van der Waals surface area (Å²) in [6.07, 6.45) is 1.69. The molecular formula is C12H19ClN2O. The number of nitrogens with zero attached hydrogens (tertiary/aromatic N) is 2. The maximum absolute atomic E-state index is 5.98. The molecule has 0 amide bonds. The molecule has 1 rings (SSSR count). The lowest BCUT2D eigenvalue weighted by atomic mass is 10.1. The third-order valence-electron chi connectivity index (χ3n) is 2.33. The zero-order chi connectivity index (χ0) is 12.1. The second kappa shape index (κ2) is 6.16. The normalized spacial score (nSPS) is 13.1. The predicted octanol–water partition coefficient (Wildman–Crippen LogP) is 3.43. The van der Waals surface area contributed by atoms with Crippen molar-refractivity contribution < 1.29 is 4.74 Å². The molecule has 0 aliphatic heterocycles. The zero-order valence-corrected chi connectivity index (χ0v) is 11.1. The van der Waals surface area contributed by atoms with Crippen molar-refractivity contribution in [2.75, 3.05) is 7.11 Å². The number of rotatable bonds is 5. The first-order valence-electron chi connectivity index (χ1n) is 5.63. The molecule has 1 unspecified atom stereocenters. The van der Waals surface area contributed by atoms with Gasteiger partial charge in [-0.05, 0) is 24.8 Å². The topological polar surface area (TPSA) is 35.0 Å². The standard InChI is InChI=1S/C12H19ClN2O/c1-5-10(16-4)12-14-9(6-8(2)3)7-11(13)15-12/h7-8,10H,5-6H2,1-4H3. The molecule has 0 aromatic carbocycles. The summed E-state index contributed by atoms with van der Waals surface area (Å²) in [7, 11) is 1.67. The van der Waals surface area contributed by atoms with E-state index in [1.165, 1.54) is 0 Å². The number of hydrogen-bond donors (Lipinski definition) is 0. The Kier molecular flexibility index (Phi) is 5.16. The molecule has 0 fully saturated rings. The summed E-state index contributed by atoms with van der Waals surface area (Å²) in [5.74, 6) is 1.24. The molecule has 0 aliphatic rings. The van der Waals surface area contributed by atoms with Crippen LogP contribution in [-0.2, 0) is 11.2 Å². The smallest absolute Gasteiger partial charge is 0.159 e. The highest BCUT2D eigenvalue weighted by Crippen LogP contribution is 2.19. The number of methoxy groups -OCH3 is 1. The molecule has 0 N–H and O–H groups in total. The monoisotopic (exact) mass is 242 g/mol. The maximum atomic E-state index is 5.98. The molecule has 0 saturated heterocycles. The van der Waals surface area contributed by atoms with E-state index in [1.807, 2.05) is 13.0 Å². The first kappa shape index (κ1) is 13.4. The van der Waals surface area contributed by atoms with Gasteiger partial charge in [0.1, 0.15) is 11.3 Å². The number of hydrogen-bond acceptors (Lipinski definition) is 3. The molecule has 0 bridgehead atoms. The Morgan fingerprint density at radius 2 is 2.06 bits per heavy atom. The van der Waals surface area contributed by atoms with Gasteiger partial charge in [0.2, 0.25) is 0 Å². The largest absolute Gasteiger partial charge is 0.373 e. The second-order valence-electron chi connectivity index (χ2n) is 4.27. The number of ether oxygens (including phenoxy) is 1. The van der Waals surface area contributed by atoms with Crippen LogP contribution in [0.3, 0.4) is 0 Å². The van der Waals surface area contributed by atoms with Crippen molar-refractivity contribution in [3.8, 4) is 0 Å². The van der Waals surface area contributed by atoms with Gasteiger partial charge in [-0.2, -0.15) is 0 Å². The molecule has 0 spiro atoms. The summed E-state index contributed by atoms with van der Waals surface area (Å²) in [6, 6.07) is 1.83. The molecule has 1 aromatic rings. The van der Waals surface area contributed by atoms with Crippen molar-refractivity contribution >= 4 is 11.6 Å². The van der Waals surface area contributed by atoms with E-state index in [0.29, 0.717) is 16.9 Å². The highest BCUT2D eigenvalue weighted by Gasteiger charge is 2.13. The van der Waals surface area contributed by atoms with Gasteiger partial charge in [-0.1, -0.05) is 32.4 Å². The van der Waals surface area contributed by atoms with Crippen LogP contribution in [0.15, 0.2) is 6.07 Å². The minimum Gasteiger partial charge on any atom is -0.373 e. The molecule has 1 heterocycles. The van der Waals surface area contributed by atoms with Crippen LogP contribution in [0, 0.1) is 5.92 Å². The SMILES string of the molecule is CCC(OC)c1nc(Cl)cc(CC(C)C)n1. The second-order valence-corrected chi connectivity index (χ2v) is 4.66. The van der Waals surface area contributed by atoms with Crippen molar-refractivity contribution in [3.63, 3.8) is 0 Å². The van der Waals surface area contributed by atoms with E-state index in [2.05, 4.69) is 23.8 Å². The Hall–Kier alpha value is -0.670. The average molecular weight is 243 g/mol. The van der Waals surface area contributed by atoms with E-state index in [9.17, 15) is 0 Å². The first-order chi connectivity index (χ1) is 7.56. The van der Waals surface area contributed by atoms with Crippen molar-refractivity contribution in [2.45, 2.75) is 39.7 Å². The fourth-order valence-electron chi connectivity index (χ4n) is 1.61. The molecule has 90 valence electrons. The Morgan fingerprint density at radius 1 is 1.38 bits per heavy atom. The van der Waals surface area contributed by atoms with Gasteiger partial charge in [0.15, 0.2) is 5.82 Å². The summed E-state index contributed by atoms with van der Waals surface area (Å²) in [5.41, 5.74) is 0.987. The van der Waals surface area contributed by atoms with Crippen LogP contribution in [0.5, 0.6) is 0 Å². The number of aromatic nitrogens is 2. The molecule has 0 radical (unpaired) electrons. The van der Waals surface area contributed by atoms with Gasteiger partial charge in [0, 0.05) is 12.8 Å². The average Bonchev–Trinajstić information content (AvgIpc) is 2.17. The Labute approximate surface area is 102 Å². The maximum Gasteiger partial charge on any atom is 0.159 e. The van der Waals surface area contributed by atoms with Crippen LogP contribution in [0.1, 0.15) is 44.8 Å². The van der Waals surface area contributed by atoms with Crippen molar-refractivity contribution in [1.82, 2.24) is 9.97 Å². The van der Waals surface area contributed by atoms with Crippen molar-refractivity contribution in [1.29, 1.82) is 0 Å². The van der Waals surface area contributed by atoms with Crippen LogP contribution in [0.2, 0.25) is 5.15 Å². The van der Waals surface area contributed by atoms with E-state index in [4.69, 9.17) is 16.3 Å². The highest BCUT2D eigenvalue weighted by molar-refractivity contribution is 6.29. The van der Waals surface area contributed by atoms with Gasteiger partial charge in [-0.3, -0.25) is 0 Å². The van der Waals surface area contributed by atoms with Crippen molar-refractivity contribution in [2.24, 2.45) is 5.92 Å². The molecule has 0 saturated carbocycles. The Bertz CT molecular complexity index is 338.